The van der Waals surface area contributed by atoms with Crippen LogP contribution in [0.3, 0.4) is 0 Å². The molecule has 146 valence electrons. The molecule has 1 unspecified atom stereocenters. The summed E-state index contributed by atoms with van der Waals surface area (Å²) in [6.45, 7) is 4.46. The number of fused-ring (bicyclic) bond motifs is 3. The first-order valence-electron chi connectivity index (χ1n) is 9.71. The van der Waals surface area contributed by atoms with Crippen molar-refractivity contribution in [1.82, 2.24) is 4.98 Å². The third-order valence-corrected chi connectivity index (χ3v) is 5.65. The number of aromatic nitrogens is 1. The molecule has 2 aromatic carbocycles. The maximum Gasteiger partial charge on any atom is 0.306 e. The molecule has 4 rings (SSSR count). The number of carboxylic acid groups (broad SMARTS) is 1. The summed E-state index contributed by atoms with van der Waals surface area (Å²) in [7, 11) is 0. The first kappa shape index (κ1) is 18.7. The van der Waals surface area contributed by atoms with Crippen molar-refractivity contribution in [3.8, 4) is 11.1 Å². The van der Waals surface area contributed by atoms with Gasteiger partial charge < -0.3 is 14.8 Å². The molecule has 0 spiro atoms. The van der Waals surface area contributed by atoms with Gasteiger partial charge in [-0.2, -0.15) is 0 Å². The fourth-order valence-corrected chi connectivity index (χ4v) is 4.44. The normalized spacial score (nSPS) is 19.0. The van der Waals surface area contributed by atoms with Crippen LogP contribution in [-0.4, -0.2) is 22.7 Å². The maximum atomic E-state index is 14.7. The summed E-state index contributed by atoms with van der Waals surface area (Å²) >= 11 is 0. The number of aliphatic carboxylic acids is 1. The Morgan fingerprint density at radius 2 is 2.00 bits per heavy atom. The number of nitrogens with one attached hydrogen (secondary N) is 1. The molecule has 4 nitrogen and oxygen atoms in total. The number of aromatic amines is 1. The van der Waals surface area contributed by atoms with Gasteiger partial charge in [-0.15, -0.1) is 0 Å². The van der Waals surface area contributed by atoms with Crippen molar-refractivity contribution in [3.05, 3.63) is 59.0 Å². The molecule has 1 aromatic heterocycles. The van der Waals surface area contributed by atoms with E-state index in [1.54, 1.807) is 0 Å². The van der Waals surface area contributed by atoms with Gasteiger partial charge in [-0.25, -0.2) is 4.39 Å². The van der Waals surface area contributed by atoms with Gasteiger partial charge in [-0.05, 0) is 42.5 Å². The third-order valence-electron chi connectivity index (χ3n) is 5.65. The number of hydrogen-bond acceptors (Lipinski definition) is 2. The first-order valence-corrected chi connectivity index (χ1v) is 9.71. The fourth-order valence-electron chi connectivity index (χ4n) is 4.44. The third kappa shape index (κ3) is 3.00. The lowest BCUT2D eigenvalue weighted by Gasteiger charge is -2.36. The summed E-state index contributed by atoms with van der Waals surface area (Å²) in [4.78, 5) is 14.8. The van der Waals surface area contributed by atoms with Gasteiger partial charge in [-0.1, -0.05) is 49.2 Å². The van der Waals surface area contributed by atoms with Crippen LogP contribution < -0.4 is 0 Å². The Hall–Kier alpha value is -2.66. The van der Waals surface area contributed by atoms with E-state index in [9.17, 15) is 14.3 Å². The second-order valence-corrected chi connectivity index (χ2v) is 7.60. The number of halogens is 1. The maximum absolute atomic E-state index is 14.7. The number of rotatable bonds is 5. The molecule has 2 N–H and O–H groups in total. The van der Waals surface area contributed by atoms with Gasteiger partial charge in [0.25, 0.3) is 0 Å². The molecular weight excluding hydrogens is 357 g/mol. The van der Waals surface area contributed by atoms with E-state index in [4.69, 9.17) is 4.74 Å². The summed E-state index contributed by atoms with van der Waals surface area (Å²) < 4.78 is 20.8. The lowest BCUT2D eigenvalue weighted by molar-refractivity contribution is -0.149. The number of ether oxygens (including phenoxy) is 1. The van der Waals surface area contributed by atoms with Crippen LogP contribution >= 0.6 is 0 Å². The molecule has 0 aliphatic carbocycles. The van der Waals surface area contributed by atoms with Crippen LogP contribution in [-0.2, 0) is 21.6 Å². The van der Waals surface area contributed by atoms with E-state index in [2.05, 4.69) is 4.98 Å². The average molecular weight is 381 g/mol. The Labute approximate surface area is 163 Å². The minimum absolute atomic E-state index is 0.137. The second-order valence-electron chi connectivity index (χ2n) is 7.60. The minimum Gasteiger partial charge on any atom is -0.481 e. The van der Waals surface area contributed by atoms with E-state index in [-0.39, 0.29) is 12.2 Å². The lowest BCUT2D eigenvalue weighted by atomic mass is 9.84. The Bertz CT molecular complexity index is 1040. The monoisotopic (exact) mass is 381 g/mol. The number of aryl methyl sites for hydroxylation is 1. The number of hydrogen-bond donors (Lipinski definition) is 2. The fraction of sp³-hybridized carbons (Fsp3) is 0.348. The number of carboxylic acids is 1. The highest BCUT2D eigenvalue weighted by atomic mass is 19.1. The molecule has 0 fully saturated rings. The smallest absolute Gasteiger partial charge is 0.306 e. The van der Waals surface area contributed by atoms with Crippen molar-refractivity contribution in [2.75, 3.05) is 6.61 Å². The topological polar surface area (TPSA) is 62.3 Å². The zero-order valence-electron chi connectivity index (χ0n) is 16.1. The average Bonchev–Trinajstić information content (AvgIpc) is 3.05. The molecule has 1 atom stereocenters. The van der Waals surface area contributed by atoms with Crippen molar-refractivity contribution >= 4 is 16.9 Å². The van der Waals surface area contributed by atoms with Gasteiger partial charge in [0.1, 0.15) is 11.4 Å². The second kappa shape index (κ2) is 7.06. The highest BCUT2D eigenvalue weighted by Gasteiger charge is 2.42. The highest BCUT2D eigenvalue weighted by Crippen LogP contribution is 2.45. The van der Waals surface area contributed by atoms with Crippen molar-refractivity contribution in [3.63, 3.8) is 0 Å². The SMILES string of the molecule is CCCC1(CC(=O)O)OCCc2c1[nH]c1c(F)ccc(-c3ccc(C)cc3)c21. The molecule has 2 heterocycles. The van der Waals surface area contributed by atoms with E-state index in [0.29, 0.717) is 25.0 Å². The molecule has 0 amide bonds. The predicted octanol–water partition coefficient (Wildman–Crippen LogP) is 5.33. The van der Waals surface area contributed by atoms with Crippen molar-refractivity contribution in [1.29, 1.82) is 0 Å². The van der Waals surface area contributed by atoms with Gasteiger partial charge in [0.15, 0.2) is 0 Å². The van der Waals surface area contributed by atoms with E-state index in [1.165, 1.54) is 6.07 Å². The Morgan fingerprint density at radius 1 is 1.25 bits per heavy atom. The summed E-state index contributed by atoms with van der Waals surface area (Å²) in [6.07, 6.45) is 1.83. The molecule has 0 radical (unpaired) electrons. The van der Waals surface area contributed by atoms with Crippen molar-refractivity contribution in [2.45, 2.75) is 45.1 Å². The number of carbonyl (C=O) groups is 1. The van der Waals surface area contributed by atoms with Crippen molar-refractivity contribution < 1.29 is 19.0 Å². The van der Waals surface area contributed by atoms with Gasteiger partial charge in [0, 0.05) is 5.39 Å². The zero-order chi connectivity index (χ0) is 19.9. The van der Waals surface area contributed by atoms with Crippen LogP contribution in [0.25, 0.3) is 22.0 Å². The Kier molecular flexibility index (Phi) is 4.71. The van der Waals surface area contributed by atoms with E-state index >= 15 is 0 Å². The standard InChI is InChI=1S/C23H24FNO3/c1-3-11-23(13-19(26)27)22-17(10-12-28-23)20-16(8-9-18(24)21(20)25-22)15-6-4-14(2)5-7-15/h4-9,25H,3,10-13H2,1-2H3,(H,26,27). The summed E-state index contributed by atoms with van der Waals surface area (Å²) in [6, 6.07) is 11.4. The van der Waals surface area contributed by atoms with Crippen molar-refractivity contribution in [2.24, 2.45) is 0 Å². The predicted molar refractivity (Wildman–Crippen MR) is 107 cm³/mol. The minimum atomic E-state index is -0.940. The van der Waals surface area contributed by atoms with E-state index in [0.717, 1.165) is 39.8 Å². The summed E-state index contributed by atoms with van der Waals surface area (Å²) in [5.74, 6) is -1.25. The van der Waals surface area contributed by atoms with Crippen LogP contribution in [0.15, 0.2) is 36.4 Å². The Morgan fingerprint density at radius 3 is 2.68 bits per heavy atom. The first-order chi connectivity index (χ1) is 13.4. The number of H-pyrrole nitrogens is 1. The molecule has 5 heteroatoms. The molecule has 0 saturated carbocycles. The van der Waals surface area contributed by atoms with Crippen LogP contribution in [0, 0.1) is 12.7 Å². The molecule has 28 heavy (non-hydrogen) atoms. The summed E-state index contributed by atoms with van der Waals surface area (Å²) in [5.41, 5.74) is 4.32. The largest absolute Gasteiger partial charge is 0.481 e. The number of benzene rings is 2. The van der Waals surface area contributed by atoms with E-state index in [1.807, 2.05) is 44.2 Å². The van der Waals surface area contributed by atoms with Crippen LogP contribution in [0.2, 0.25) is 0 Å². The molecule has 0 bridgehead atoms. The van der Waals surface area contributed by atoms with Gasteiger partial charge in [-0.3, -0.25) is 4.79 Å². The van der Waals surface area contributed by atoms with Gasteiger partial charge in [0.05, 0.1) is 24.2 Å². The van der Waals surface area contributed by atoms with Gasteiger partial charge >= 0.3 is 5.97 Å². The van der Waals surface area contributed by atoms with Crippen LogP contribution in [0.1, 0.15) is 43.0 Å². The quantitative estimate of drug-likeness (QED) is 0.628. The lowest BCUT2D eigenvalue weighted by Crippen LogP contribution is -2.37. The van der Waals surface area contributed by atoms with Crippen LogP contribution in [0.5, 0.6) is 0 Å². The van der Waals surface area contributed by atoms with E-state index < -0.39 is 11.6 Å². The highest BCUT2D eigenvalue weighted by molar-refractivity contribution is 5.99. The Balaban J connectivity index is 1.99. The zero-order valence-corrected chi connectivity index (χ0v) is 16.1. The molecule has 0 saturated heterocycles. The molecule has 1 aliphatic rings. The summed E-state index contributed by atoms with van der Waals surface area (Å²) in [5, 5.41) is 10.3. The van der Waals surface area contributed by atoms with Gasteiger partial charge in [0.2, 0.25) is 0 Å². The van der Waals surface area contributed by atoms with Crippen LogP contribution in [0.4, 0.5) is 4.39 Å². The molecular formula is C23H24FNO3. The molecule has 1 aliphatic heterocycles. The molecule has 3 aromatic rings.